The van der Waals surface area contributed by atoms with Gasteiger partial charge in [0, 0.05) is 11.5 Å². The zero-order valence-corrected chi connectivity index (χ0v) is 7.63. The third-order valence-corrected chi connectivity index (χ3v) is 2.35. The van der Waals surface area contributed by atoms with Crippen molar-refractivity contribution in [1.82, 2.24) is 0 Å². The maximum absolute atomic E-state index is 8.01. The van der Waals surface area contributed by atoms with E-state index in [0.717, 1.165) is 19.3 Å². The van der Waals surface area contributed by atoms with E-state index in [0.29, 0.717) is 6.54 Å². The lowest BCUT2D eigenvalue weighted by molar-refractivity contribution is 0.743. The van der Waals surface area contributed by atoms with Gasteiger partial charge >= 0.3 is 0 Å². The first-order chi connectivity index (χ1) is 5.93. The van der Waals surface area contributed by atoms with E-state index in [-0.39, 0.29) is 0 Å². The second-order valence-electron chi connectivity index (χ2n) is 2.54. The highest BCUT2D eigenvalue weighted by atomic mass is 32.1. The van der Waals surface area contributed by atoms with Crippen LogP contribution < -0.4 is 0 Å². The van der Waals surface area contributed by atoms with Crippen molar-refractivity contribution in [2.24, 2.45) is 5.11 Å². The molecule has 0 aromatic carbocycles. The molecular formula is C8H11N3S. The fourth-order valence-corrected chi connectivity index (χ4v) is 1.69. The van der Waals surface area contributed by atoms with Crippen LogP contribution >= 0.6 is 11.3 Å². The van der Waals surface area contributed by atoms with Crippen molar-refractivity contribution >= 4 is 11.3 Å². The van der Waals surface area contributed by atoms with Crippen molar-refractivity contribution in [3.8, 4) is 0 Å². The molecule has 0 bridgehead atoms. The summed E-state index contributed by atoms with van der Waals surface area (Å²) in [4.78, 5) is 2.70. The molecule has 12 heavy (non-hydrogen) atoms. The highest BCUT2D eigenvalue weighted by Crippen LogP contribution is 2.09. The molecule has 0 aliphatic carbocycles. The molecule has 0 saturated carbocycles. The quantitative estimate of drug-likeness (QED) is 0.289. The van der Waals surface area contributed by atoms with Gasteiger partial charge in [0.2, 0.25) is 0 Å². The van der Waals surface area contributed by atoms with Gasteiger partial charge in [0.25, 0.3) is 0 Å². The van der Waals surface area contributed by atoms with E-state index in [4.69, 9.17) is 5.53 Å². The second-order valence-corrected chi connectivity index (χ2v) is 3.32. The number of aryl methyl sites for hydroxylation is 1. The van der Waals surface area contributed by atoms with Gasteiger partial charge in [-0.2, -0.15) is 11.3 Å². The minimum absolute atomic E-state index is 0.626. The summed E-state index contributed by atoms with van der Waals surface area (Å²) in [6, 6.07) is 2.14. The molecule has 0 amide bonds. The largest absolute Gasteiger partial charge is 0.152 e. The molecular weight excluding hydrogens is 170 g/mol. The third kappa shape index (κ3) is 3.42. The van der Waals surface area contributed by atoms with Crippen LogP contribution in [-0.4, -0.2) is 6.54 Å². The smallest absolute Gasteiger partial charge is 0.0258 e. The topological polar surface area (TPSA) is 48.8 Å². The Bertz CT molecular complexity index is 249. The van der Waals surface area contributed by atoms with E-state index < -0.39 is 0 Å². The minimum atomic E-state index is 0.626. The van der Waals surface area contributed by atoms with E-state index in [9.17, 15) is 0 Å². The predicted octanol–water partition coefficient (Wildman–Crippen LogP) is 3.38. The molecule has 0 atom stereocenters. The molecule has 0 aliphatic rings. The number of rotatable bonds is 5. The summed E-state index contributed by atoms with van der Waals surface area (Å²) in [5, 5.41) is 7.72. The van der Waals surface area contributed by atoms with Crippen molar-refractivity contribution in [2.75, 3.05) is 6.54 Å². The Morgan fingerprint density at radius 2 is 2.42 bits per heavy atom. The molecule has 1 rings (SSSR count). The first kappa shape index (κ1) is 9.10. The number of hydrogen-bond acceptors (Lipinski definition) is 2. The lowest BCUT2D eigenvalue weighted by Crippen LogP contribution is -1.84. The van der Waals surface area contributed by atoms with E-state index >= 15 is 0 Å². The molecule has 4 heteroatoms. The van der Waals surface area contributed by atoms with Crippen LogP contribution in [0.5, 0.6) is 0 Å². The van der Waals surface area contributed by atoms with Crippen LogP contribution in [0.1, 0.15) is 18.4 Å². The Labute approximate surface area is 75.7 Å². The standard InChI is InChI=1S/C8H11N3S/c9-11-10-5-2-1-3-8-4-6-12-7-8/h4,6-7H,1-3,5H2. The molecule has 1 heterocycles. The Balaban J connectivity index is 2.07. The van der Waals surface area contributed by atoms with Gasteiger partial charge in [-0.05, 0) is 47.2 Å². The maximum atomic E-state index is 8.01. The normalized spacial score (nSPS) is 9.33. The Hall–Kier alpha value is -0.990. The molecule has 64 valence electrons. The fraction of sp³-hybridized carbons (Fsp3) is 0.500. The van der Waals surface area contributed by atoms with Crippen LogP contribution in [0.4, 0.5) is 0 Å². The summed E-state index contributed by atoms with van der Waals surface area (Å²) >= 11 is 1.73. The molecule has 0 unspecified atom stereocenters. The number of nitrogens with zero attached hydrogens (tertiary/aromatic N) is 3. The Kier molecular flexibility index (Phi) is 4.27. The minimum Gasteiger partial charge on any atom is -0.152 e. The highest BCUT2D eigenvalue weighted by Gasteiger charge is 1.91. The van der Waals surface area contributed by atoms with Gasteiger partial charge in [0.05, 0.1) is 0 Å². The summed E-state index contributed by atoms with van der Waals surface area (Å²) in [6.45, 7) is 0.626. The third-order valence-electron chi connectivity index (χ3n) is 1.62. The molecule has 0 saturated heterocycles. The zero-order valence-electron chi connectivity index (χ0n) is 6.81. The van der Waals surface area contributed by atoms with E-state index in [1.54, 1.807) is 11.3 Å². The van der Waals surface area contributed by atoms with Crippen LogP contribution in [0.2, 0.25) is 0 Å². The molecule has 0 fully saturated rings. The summed E-state index contributed by atoms with van der Waals surface area (Å²) in [7, 11) is 0. The van der Waals surface area contributed by atoms with Crippen LogP contribution in [0, 0.1) is 0 Å². The number of hydrogen-bond donors (Lipinski definition) is 0. The van der Waals surface area contributed by atoms with Gasteiger partial charge in [-0.25, -0.2) is 0 Å². The van der Waals surface area contributed by atoms with Crippen LogP contribution in [0.25, 0.3) is 10.4 Å². The predicted molar refractivity (Wildman–Crippen MR) is 51.3 cm³/mol. The molecule has 0 radical (unpaired) electrons. The molecule has 1 aromatic rings. The monoisotopic (exact) mass is 181 g/mol. The first-order valence-electron chi connectivity index (χ1n) is 3.95. The van der Waals surface area contributed by atoms with Gasteiger partial charge in [0.15, 0.2) is 0 Å². The lowest BCUT2D eigenvalue weighted by Gasteiger charge is -1.94. The number of azide groups is 1. The van der Waals surface area contributed by atoms with Gasteiger partial charge in [-0.1, -0.05) is 5.11 Å². The molecule has 0 spiro atoms. The average molecular weight is 181 g/mol. The van der Waals surface area contributed by atoms with Crippen LogP contribution in [0.15, 0.2) is 21.9 Å². The van der Waals surface area contributed by atoms with Crippen molar-refractivity contribution in [2.45, 2.75) is 19.3 Å². The number of unbranched alkanes of at least 4 members (excludes halogenated alkanes) is 1. The molecule has 3 nitrogen and oxygen atoms in total. The highest BCUT2D eigenvalue weighted by molar-refractivity contribution is 7.07. The number of thiophene rings is 1. The average Bonchev–Trinajstić information content (AvgIpc) is 2.57. The summed E-state index contributed by atoms with van der Waals surface area (Å²) in [5.74, 6) is 0. The van der Waals surface area contributed by atoms with Crippen LogP contribution in [0.3, 0.4) is 0 Å². The van der Waals surface area contributed by atoms with Crippen LogP contribution in [-0.2, 0) is 6.42 Å². The lowest BCUT2D eigenvalue weighted by atomic mass is 10.1. The maximum Gasteiger partial charge on any atom is 0.0258 e. The molecule has 0 N–H and O–H groups in total. The van der Waals surface area contributed by atoms with Gasteiger partial charge < -0.3 is 0 Å². The summed E-state index contributed by atoms with van der Waals surface area (Å²) < 4.78 is 0. The summed E-state index contributed by atoms with van der Waals surface area (Å²) in [6.07, 6.45) is 3.19. The van der Waals surface area contributed by atoms with Gasteiger partial charge in [-0.3, -0.25) is 0 Å². The SMILES string of the molecule is [N-]=[N+]=NCCCCc1ccsc1. The van der Waals surface area contributed by atoms with Gasteiger partial charge in [0.1, 0.15) is 0 Å². The zero-order chi connectivity index (χ0) is 8.65. The van der Waals surface area contributed by atoms with Crippen molar-refractivity contribution < 1.29 is 0 Å². The van der Waals surface area contributed by atoms with Crippen molar-refractivity contribution in [3.63, 3.8) is 0 Å². The van der Waals surface area contributed by atoms with E-state index in [1.165, 1.54) is 5.56 Å². The van der Waals surface area contributed by atoms with E-state index in [1.807, 2.05) is 0 Å². The van der Waals surface area contributed by atoms with E-state index in [2.05, 4.69) is 26.9 Å². The molecule has 1 aromatic heterocycles. The van der Waals surface area contributed by atoms with Crippen molar-refractivity contribution in [3.05, 3.63) is 32.8 Å². The summed E-state index contributed by atoms with van der Waals surface area (Å²) in [5.41, 5.74) is 9.40. The fourth-order valence-electron chi connectivity index (χ4n) is 0.991. The first-order valence-corrected chi connectivity index (χ1v) is 4.89. The van der Waals surface area contributed by atoms with Crippen molar-refractivity contribution in [1.29, 1.82) is 0 Å². The molecule has 0 aliphatic heterocycles. The Morgan fingerprint density at radius 1 is 1.50 bits per heavy atom. The van der Waals surface area contributed by atoms with Gasteiger partial charge in [-0.15, -0.1) is 0 Å². The Morgan fingerprint density at radius 3 is 3.08 bits per heavy atom. The second kappa shape index (κ2) is 5.63.